The van der Waals surface area contributed by atoms with E-state index in [1.54, 1.807) is 12.0 Å². The fraction of sp³-hybridized carbons (Fsp3) is 0.417. The third-order valence-electron chi connectivity index (χ3n) is 2.37. The summed E-state index contributed by atoms with van der Waals surface area (Å²) < 4.78 is 5.06. The van der Waals surface area contributed by atoms with Crippen LogP contribution in [0.25, 0.3) is 0 Å². The van der Waals surface area contributed by atoms with Crippen molar-refractivity contribution < 1.29 is 14.9 Å². The van der Waals surface area contributed by atoms with Crippen LogP contribution >= 0.6 is 12.2 Å². The van der Waals surface area contributed by atoms with E-state index in [1.807, 2.05) is 24.3 Å². The summed E-state index contributed by atoms with van der Waals surface area (Å²) in [5.74, 6) is 0.772. The van der Waals surface area contributed by atoms with Crippen LogP contribution in [0.2, 0.25) is 0 Å². The molecule has 0 heterocycles. The number of aliphatic hydroxyl groups is 2. The number of benzene rings is 1. The van der Waals surface area contributed by atoms with E-state index in [2.05, 4.69) is 5.32 Å². The van der Waals surface area contributed by atoms with Crippen molar-refractivity contribution >= 4 is 23.0 Å². The lowest BCUT2D eigenvalue weighted by molar-refractivity contribution is 0.214. The highest BCUT2D eigenvalue weighted by molar-refractivity contribution is 7.80. The maximum atomic E-state index is 8.92. The van der Waals surface area contributed by atoms with Crippen LogP contribution in [0.3, 0.4) is 0 Å². The van der Waals surface area contributed by atoms with Crippen LogP contribution in [-0.2, 0) is 0 Å². The van der Waals surface area contributed by atoms with Crippen molar-refractivity contribution in [3.63, 3.8) is 0 Å². The zero-order valence-corrected chi connectivity index (χ0v) is 11.1. The maximum Gasteiger partial charge on any atom is 0.173 e. The van der Waals surface area contributed by atoms with Gasteiger partial charge in [0.05, 0.1) is 20.3 Å². The lowest BCUT2D eigenvalue weighted by Gasteiger charge is -2.24. The predicted molar refractivity (Wildman–Crippen MR) is 75.0 cm³/mol. The van der Waals surface area contributed by atoms with Gasteiger partial charge in [-0.15, -0.1) is 0 Å². The van der Waals surface area contributed by atoms with E-state index >= 15 is 0 Å². The van der Waals surface area contributed by atoms with Gasteiger partial charge in [0, 0.05) is 18.8 Å². The van der Waals surface area contributed by atoms with Crippen molar-refractivity contribution in [2.45, 2.75) is 0 Å². The molecule has 5 nitrogen and oxygen atoms in total. The summed E-state index contributed by atoms with van der Waals surface area (Å²) in [5.41, 5.74) is 0.835. The molecule has 3 N–H and O–H groups in total. The number of aliphatic hydroxyl groups excluding tert-OH is 2. The number of anilines is 1. The summed E-state index contributed by atoms with van der Waals surface area (Å²) in [5, 5.41) is 21.4. The monoisotopic (exact) mass is 270 g/mol. The first kappa shape index (κ1) is 14.7. The van der Waals surface area contributed by atoms with Crippen LogP contribution in [0.5, 0.6) is 5.75 Å². The van der Waals surface area contributed by atoms with Gasteiger partial charge in [-0.25, -0.2) is 0 Å². The first-order valence-electron chi connectivity index (χ1n) is 5.63. The molecule has 0 atom stereocenters. The van der Waals surface area contributed by atoms with Crippen molar-refractivity contribution in [3.05, 3.63) is 24.3 Å². The molecule has 0 aromatic heterocycles. The number of thiocarbonyl (C=S) groups is 1. The minimum Gasteiger partial charge on any atom is -0.497 e. The van der Waals surface area contributed by atoms with Crippen molar-refractivity contribution in [2.24, 2.45) is 0 Å². The largest absolute Gasteiger partial charge is 0.497 e. The molecule has 0 radical (unpaired) electrons. The summed E-state index contributed by atoms with van der Waals surface area (Å²) in [6.45, 7) is 0.764. The molecule has 18 heavy (non-hydrogen) atoms. The highest BCUT2D eigenvalue weighted by Gasteiger charge is 2.08. The molecular weight excluding hydrogens is 252 g/mol. The van der Waals surface area contributed by atoms with E-state index < -0.39 is 0 Å². The molecule has 0 saturated carbocycles. The minimum absolute atomic E-state index is 0.00949. The molecule has 0 aliphatic rings. The summed E-state index contributed by atoms with van der Waals surface area (Å²) in [6, 6.07) is 7.35. The number of hydrogen-bond acceptors (Lipinski definition) is 4. The Labute approximate surface area is 112 Å². The molecule has 0 aliphatic heterocycles. The van der Waals surface area contributed by atoms with Crippen LogP contribution in [0.4, 0.5) is 5.69 Å². The molecule has 0 amide bonds. The summed E-state index contributed by atoms with van der Waals surface area (Å²) in [7, 11) is 1.61. The molecule has 0 fully saturated rings. The summed E-state index contributed by atoms with van der Waals surface area (Å²) in [4.78, 5) is 1.71. The molecule has 0 saturated heterocycles. The molecule has 0 unspecified atom stereocenters. The van der Waals surface area contributed by atoms with E-state index in [0.29, 0.717) is 18.2 Å². The lowest BCUT2D eigenvalue weighted by Crippen LogP contribution is -2.38. The number of ether oxygens (including phenoxy) is 1. The second-order valence-corrected chi connectivity index (χ2v) is 3.98. The van der Waals surface area contributed by atoms with Gasteiger partial charge in [-0.2, -0.15) is 0 Å². The predicted octanol–water partition coefficient (Wildman–Crippen LogP) is 0.679. The standard InChI is InChI=1S/C12H18N2O3S/c1-17-11-4-2-10(3-5-11)13-12(18)14(6-8-15)7-9-16/h2-5,15-16H,6-9H2,1H3,(H,13,18). The quantitative estimate of drug-likeness (QED) is 0.661. The first-order valence-corrected chi connectivity index (χ1v) is 6.03. The van der Waals surface area contributed by atoms with Crippen molar-refractivity contribution in [1.82, 2.24) is 4.90 Å². The van der Waals surface area contributed by atoms with E-state index in [1.165, 1.54) is 0 Å². The number of nitrogens with zero attached hydrogens (tertiary/aromatic N) is 1. The Balaban J connectivity index is 2.60. The highest BCUT2D eigenvalue weighted by Crippen LogP contribution is 2.15. The van der Waals surface area contributed by atoms with E-state index in [9.17, 15) is 0 Å². The first-order chi connectivity index (χ1) is 8.71. The van der Waals surface area contributed by atoms with Crippen molar-refractivity contribution in [1.29, 1.82) is 0 Å². The summed E-state index contributed by atoms with van der Waals surface area (Å²) in [6.07, 6.45) is 0. The van der Waals surface area contributed by atoms with Gasteiger partial charge >= 0.3 is 0 Å². The highest BCUT2D eigenvalue weighted by atomic mass is 32.1. The second-order valence-electron chi connectivity index (χ2n) is 3.59. The molecular formula is C12H18N2O3S. The molecule has 0 spiro atoms. The van der Waals surface area contributed by atoms with Gasteiger partial charge in [0.15, 0.2) is 5.11 Å². The maximum absolute atomic E-state index is 8.92. The van der Waals surface area contributed by atoms with Crippen molar-refractivity contribution in [3.8, 4) is 5.75 Å². The fourth-order valence-corrected chi connectivity index (χ4v) is 1.73. The lowest BCUT2D eigenvalue weighted by atomic mass is 10.3. The van der Waals surface area contributed by atoms with Crippen LogP contribution in [0, 0.1) is 0 Å². The normalized spacial score (nSPS) is 9.94. The van der Waals surface area contributed by atoms with Gasteiger partial charge < -0.3 is 25.2 Å². The molecule has 1 aromatic carbocycles. The van der Waals surface area contributed by atoms with Crippen LogP contribution in [0.15, 0.2) is 24.3 Å². The van der Waals surface area contributed by atoms with Gasteiger partial charge in [-0.05, 0) is 36.5 Å². The Hall–Kier alpha value is -1.37. The van der Waals surface area contributed by atoms with Gasteiger partial charge in [0.2, 0.25) is 0 Å². The number of methoxy groups -OCH3 is 1. The zero-order chi connectivity index (χ0) is 13.4. The Bertz CT molecular complexity index is 364. The number of hydrogen-bond donors (Lipinski definition) is 3. The van der Waals surface area contributed by atoms with Gasteiger partial charge in [0.1, 0.15) is 5.75 Å². The Morgan fingerprint density at radius 1 is 1.22 bits per heavy atom. The SMILES string of the molecule is COc1ccc(NC(=S)N(CCO)CCO)cc1. The van der Waals surface area contributed by atoms with E-state index in [0.717, 1.165) is 11.4 Å². The average Bonchev–Trinajstić information content (AvgIpc) is 2.39. The fourth-order valence-electron chi connectivity index (χ4n) is 1.43. The average molecular weight is 270 g/mol. The van der Waals surface area contributed by atoms with Crippen LogP contribution < -0.4 is 10.1 Å². The minimum atomic E-state index is -0.00949. The summed E-state index contributed by atoms with van der Waals surface area (Å²) >= 11 is 5.21. The van der Waals surface area contributed by atoms with Crippen LogP contribution in [0.1, 0.15) is 0 Å². The molecule has 6 heteroatoms. The van der Waals surface area contributed by atoms with E-state index in [4.69, 9.17) is 27.2 Å². The van der Waals surface area contributed by atoms with Gasteiger partial charge in [0.25, 0.3) is 0 Å². The molecule has 1 aromatic rings. The third kappa shape index (κ3) is 4.48. The van der Waals surface area contributed by atoms with Gasteiger partial charge in [-0.1, -0.05) is 0 Å². The Morgan fingerprint density at radius 3 is 2.22 bits per heavy atom. The number of rotatable bonds is 6. The molecule has 0 aliphatic carbocycles. The number of nitrogens with one attached hydrogen (secondary N) is 1. The smallest absolute Gasteiger partial charge is 0.173 e. The zero-order valence-electron chi connectivity index (χ0n) is 10.3. The second kappa shape index (κ2) is 7.86. The van der Waals surface area contributed by atoms with Gasteiger partial charge in [-0.3, -0.25) is 0 Å². The van der Waals surface area contributed by atoms with Crippen molar-refractivity contribution in [2.75, 3.05) is 38.7 Å². The van der Waals surface area contributed by atoms with E-state index in [-0.39, 0.29) is 13.2 Å². The molecule has 100 valence electrons. The Morgan fingerprint density at radius 2 is 1.78 bits per heavy atom. The molecule has 1 rings (SSSR count). The third-order valence-corrected chi connectivity index (χ3v) is 2.73. The van der Waals surface area contributed by atoms with Crippen LogP contribution in [-0.4, -0.2) is 53.6 Å². The topological polar surface area (TPSA) is 65.0 Å². The molecule has 0 bridgehead atoms. The Kier molecular flexibility index (Phi) is 6.42.